The number of carbonyl (C=O) groups is 2. The minimum absolute atomic E-state index is 0.0829. The number of nitrogens with zero attached hydrogens (tertiary/aromatic N) is 2. The lowest BCUT2D eigenvalue weighted by atomic mass is 10.1. The maximum absolute atomic E-state index is 11.6. The molecular weight excluding hydrogens is 232 g/mol. The Labute approximate surface area is 105 Å². The van der Waals surface area contributed by atoms with Crippen LogP contribution in [0.4, 0.5) is 5.69 Å². The Bertz CT molecular complexity index is 505. The Morgan fingerprint density at radius 2 is 2.17 bits per heavy atom. The fraction of sp³-hybridized carbons (Fsp3) is 0.308. The first-order valence-corrected chi connectivity index (χ1v) is 5.46. The molecule has 0 aliphatic heterocycles. The van der Waals surface area contributed by atoms with Crippen LogP contribution in [0.5, 0.6) is 0 Å². The number of hydrogen-bond acceptors (Lipinski definition) is 3. The van der Waals surface area contributed by atoms with Crippen molar-refractivity contribution in [2.45, 2.75) is 13.8 Å². The summed E-state index contributed by atoms with van der Waals surface area (Å²) < 4.78 is 0. The smallest absolute Gasteiger partial charge is 0.308 e. The van der Waals surface area contributed by atoms with Gasteiger partial charge in [0.05, 0.1) is 17.6 Å². The average molecular weight is 246 g/mol. The van der Waals surface area contributed by atoms with Crippen LogP contribution in [0.3, 0.4) is 0 Å². The van der Waals surface area contributed by atoms with Gasteiger partial charge in [-0.3, -0.25) is 9.59 Å². The van der Waals surface area contributed by atoms with E-state index in [4.69, 9.17) is 10.4 Å². The predicted molar refractivity (Wildman–Crippen MR) is 66.0 cm³/mol. The standard InChI is InChI=1S/C13H14N2O3/c1-9(13(17)18)8-15(10(2)16)12-5-3-4-11(6-12)7-14/h3-6,9H,8H2,1-2H3,(H,17,18). The van der Waals surface area contributed by atoms with Crippen LogP contribution in [0, 0.1) is 17.2 Å². The Hall–Kier alpha value is -2.35. The van der Waals surface area contributed by atoms with Crippen molar-refractivity contribution >= 4 is 17.6 Å². The van der Waals surface area contributed by atoms with Crippen molar-refractivity contribution in [3.8, 4) is 6.07 Å². The molecule has 1 aromatic carbocycles. The molecule has 0 heterocycles. The minimum atomic E-state index is -0.960. The van der Waals surface area contributed by atoms with Crippen molar-refractivity contribution in [3.63, 3.8) is 0 Å². The second-order valence-electron chi connectivity index (χ2n) is 4.03. The highest BCUT2D eigenvalue weighted by Gasteiger charge is 2.19. The quantitative estimate of drug-likeness (QED) is 0.875. The molecule has 0 radical (unpaired) electrons. The molecular formula is C13H14N2O3. The fourth-order valence-corrected chi connectivity index (χ4v) is 1.51. The number of hydrogen-bond donors (Lipinski definition) is 1. The van der Waals surface area contributed by atoms with Gasteiger partial charge in [0.15, 0.2) is 0 Å². The number of rotatable bonds is 4. The number of carboxylic acids is 1. The third-order valence-electron chi connectivity index (χ3n) is 2.55. The predicted octanol–water partition coefficient (Wildman–Crippen LogP) is 1.63. The van der Waals surface area contributed by atoms with Gasteiger partial charge in [-0.25, -0.2) is 0 Å². The van der Waals surface area contributed by atoms with E-state index in [1.807, 2.05) is 6.07 Å². The first-order chi connectivity index (χ1) is 8.45. The summed E-state index contributed by atoms with van der Waals surface area (Å²) in [6.07, 6.45) is 0. The topological polar surface area (TPSA) is 81.4 Å². The van der Waals surface area contributed by atoms with Crippen LogP contribution in [0.25, 0.3) is 0 Å². The van der Waals surface area contributed by atoms with Gasteiger partial charge in [0.25, 0.3) is 0 Å². The SMILES string of the molecule is CC(=O)N(CC(C)C(=O)O)c1cccc(C#N)c1. The van der Waals surface area contributed by atoms with Gasteiger partial charge < -0.3 is 10.0 Å². The number of carboxylic acid groups (broad SMARTS) is 1. The Kier molecular flexibility index (Phi) is 4.44. The molecule has 0 aromatic heterocycles. The molecule has 1 unspecified atom stereocenters. The zero-order valence-electron chi connectivity index (χ0n) is 10.3. The lowest BCUT2D eigenvalue weighted by Gasteiger charge is -2.23. The third kappa shape index (κ3) is 3.32. The van der Waals surface area contributed by atoms with Crippen molar-refractivity contribution in [2.75, 3.05) is 11.4 Å². The molecule has 0 aliphatic rings. The summed E-state index contributed by atoms with van der Waals surface area (Å²) in [5.74, 6) is -1.88. The molecule has 1 aromatic rings. The van der Waals surface area contributed by atoms with E-state index in [0.717, 1.165) is 0 Å². The van der Waals surface area contributed by atoms with Crippen LogP contribution >= 0.6 is 0 Å². The van der Waals surface area contributed by atoms with E-state index in [2.05, 4.69) is 0 Å². The summed E-state index contributed by atoms with van der Waals surface area (Å²) >= 11 is 0. The molecule has 1 rings (SSSR count). The molecule has 0 spiro atoms. The van der Waals surface area contributed by atoms with Crippen LogP contribution < -0.4 is 4.90 Å². The van der Waals surface area contributed by atoms with Gasteiger partial charge >= 0.3 is 5.97 Å². The van der Waals surface area contributed by atoms with Crippen LogP contribution in [-0.2, 0) is 9.59 Å². The van der Waals surface area contributed by atoms with Gasteiger partial charge in [-0.2, -0.15) is 5.26 Å². The second kappa shape index (κ2) is 5.82. The lowest BCUT2D eigenvalue weighted by Crippen LogP contribution is -2.35. The van der Waals surface area contributed by atoms with Crippen molar-refractivity contribution in [3.05, 3.63) is 29.8 Å². The lowest BCUT2D eigenvalue weighted by molar-refractivity contribution is -0.140. The van der Waals surface area contributed by atoms with Gasteiger partial charge in [-0.05, 0) is 18.2 Å². The molecule has 5 nitrogen and oxygen atoms in total. The third-order valence-corrected chi connectivity index (χ3v) is 2.55. The molecule has 1 N–H and O–H groups in total. The first-order valence-electron chi connectivity index (χ1n) is 5.46. The van der Waals surface area contributed by atoms with Gasteiger partial charge in [-0.15, -0.1) is 0 Å². The van der Waals surface area contributed by atoms with E-state index < -0.39 is 11.9 Å². The number of anilines is 1. The molecule has 0 aliphatic carbocycles. The highest BCUT2D eigenvalue weighted by atomic mass is 16.4. The summed E-state index contributed by atoms with van der Waals surface area (Å²) in [6, 6.07) is 8.52. The van der Waals surface area contributed by atoms with Crippen molar-refractivity contribution < 1.29 is 14.7 Å². The number of amides is 1. The number of nitriles is 1. The maximum Gasteiger partial charge on any atom is 0.308 e. The Morgan fingerprint density at radius 1 is 1.50 bits per heavy atom. The zero-order valence-corrected chi connectivity index (χ0v) is 10.3. The number of benzene rings is 1. The monoisotopic (exact) mass is 246 g/mol. The van der Waals surface area contributed by atoms with Crippen LogP contribution in [0.1, 0.15) is 19.4 Å². The van der Waals surface area contributed by atoms with E-state index in [1.165, 1.54) is 18.7 Å². The normalized spacial score (nSPS) is 11.4. The molecule has 0 bridgehead atoms. The first kappa shape index (κ1) is 13.7. The largest absolute Gasteiger partial charge is 0.481 e. The van der Waals surface area contributed by atoms with Gasteiger partial charge in [0, 0.05) is 19.2 Å². The molecule has 0 saturated heterocycles. The van der Waals surface area contributed by atoms with E-state index >= 15 is 0 Å². The van der Waals surface area contributed by atoms with E-state index in [1.54, 1.807) is 24.3 Å². The summed E-state index contributed by atoms with van der Waals surface area (Å²) in [4.78, 5) is 23.7. The minimum Gasteiger partial charge on any atom is -0.481 e. The van der Waals surface area contributed by atoms with Crippen LogP contribution in [0.15, 0.2) is 24.3 Å². The fourth-order valence-electron chi connectivity index (χ4n) is 1.51. The summed E-state index contributed by atoms with van der Waals surface area (Å²) in [6.45, 7) is 2.99. The molecule has 1 atom stereocenters. The zero-order chi connectivity index (χ0) is 13.7. The van der Waals surface area contributed by atoms with E-state index in [9.17, 15) is 9.59 Å². The summed E-state index contributed by atoms with van der Waals surface area (Å²) in [5, 5.41) is 17.7. The molecule has 0 fully saturated rings. The van der Waals surface area contributed by atoms with E-state index in [-0.39, 0.29) is 12.5 Å². The molecule has 0 saturated carbocycles. The average Bonchev–Trinajstić information content (AvgIpc) is 2.35. The van der Waals surface area contributed by atoms with Gasteiger partial charge in [0.1, 0.15) is 0 Å². The molecule has 5 heteroatoms. The van der Waals surface area contributed by atoms with E-state index in [0.29, 0.717) is 11.3 Å². The van der Waals surface area contributed by atoms with Gasteiger partial charge in [-0.1, -0.05) is 13.0 Å². The molecule has 18 heavy (non-hydrogen) atoms. The highest BCUT2D eigenvalue weighted by molar-refractivity contribution is 5.92. The van der Waals surface area contributed by atoms with Crippen molar-refractivity contribution in [2.24, 2.45) is 5.92 Å². The molecule has 1 amide bonds. The van der Waals surface area contributed by atoms with Crippen LogP contribution in [-0.4, -0.2) is 23.5 Å². The molecule has 94 valence electrons. The highest BCUT2D eigenvalue weighted by Crippen LogP contribution is 2.17. The van der Waals surface area contributed by atoms with Crippen molar-refractivity contribution in [1.82, 2.24) is 0 Å². The van der Waals surface area contributed by atoms with Gasteiger partial charge in [0.2, 0.25) is 5.91 Å². The van der Waals surface area contributed by atoms with Crippen LogP contribution in [0.2, 0.25) is 0 Å². The summed E-state index contributed by atoms with van der Waals surface area (Å²) in [7, 11) is 0. The number of carbonyl (C=O) groups excluding carboxylic acids is 1. The van der Waals surface area contributed by atoms with Crippen molar-refractivity contribution in [1.29, 1.82) is 5.26 Å². The summed E-state index contributed by atoms with van der Waals surface area (Å²) in [5.41, 5.74) is 0.969. The Morgan fingerprint density at radius 3 is 2.67 bits per heavy atom. The maximum atomic E-state index is 11.6. The second-order valence-corrected chi connectivity index (χ2v) is 4.03. The Balaban J connectivity index is 3.01. The number of aliphatic carboxylic acids is 1.